The van der Waals surface area contributed by atoms with Gasteiger partial charge in [-0.2, -0.15) is 0 Å². The summed E-state index contributed by atoms with van der Waals surface area (Å²) in [7, 11) is 1.60. The summed E-state index contributed by atoms with van der Waals surface area (Å²) in [6.45, 7) is 1.31. The fourth-order valence-corrected chi connectivity index (χ4v) is 2.20. The van der Waals surface area contributed by atoms with Gasteiger partial charge in [0.2, 0.25) is 5.88 Å². The van der Waals surface area contributed by atoms with Crippen LogP contribution in [0.3, 0.4) is 0 Å². The molecule has 0 atom stereocenters. The van der Waals surface area contributed by atoms with Gasteiger partial charge in [-0.1, -0.05) is 35.3 Å². The number of halogens is 2. The van der Waals surface area contributed by atoms with Gasteiger partial charge in [-0.05, 0) is 17.7 Å². The second-order valence-corrected chi connectivity index (χ2v) is 4.83. The largest absolute Gasteiger partial charge is 0.481 e. The smallest absolute Gasteiger partial charge is 0.212 e. The molecule has 0 aliphatic heterocycles. The molecule has 0 amide bonds. The molecule has 0 saturated carbocycles. The van der Waals surface area contributed by atoms with Crippen molar-refractivity contribution in [3.05, 3.63) is 57.7 Å². The summed E-state index contributed by atoms with van der Waals surface area (Å²) in [5.41, 5.74) is 1.98. The molecule has 19 heavy (non-hydrogen) atoms. The molecule has 0 radical (unpaired) electrons. The highest BCUT2D eigenvalue weighted by molar-refractivity contribution is 6.35. The molecule has 1 N–H and O–H groups in total. The molecule has 5 heteroatoms. The third-order valence-electron chi connectivity index (χ3n) is 2.70. The molecule has 1 aromatic carbocycles. The predicted octanol–water partition coefficient (Wildman–Crippen LogP) is 3.69. The van der Waals surface area contributed by atoms with Crippen LogP contribution in [0.15, 0.2) is 36.5 Å². The topological polar surface area (TPSA) is 34.1 Å². The molecule has 1 aromatic heterocycles. The molecule has 2 aromatic rings. The average Bonchev–Trinajstić information content (AvgIpc) is 2.43. The molecule has 0 saturated heterocycles. The molecule has 0 fully saturated rings. The molecule has 0 bridgehead atoms. The summed E-state index contributed by atoms with van der Waals surface area (Å²) in [5.74, 6) is 0.609. The van der Waals surface area contributed by atoms with Crippen molar-refractivity contribution >= 4 is 23.2 Å². The second kappa shape index (κ2) is 6.75. The number of aromatic nitrogens is 1. The van der Waals surface area contributed by atoms with E-state index in [1.807, 2.05) is 30.3 Å². The Morgan fingerprint density at radius 2 is 1.84 bits per heavy atom. The van der Waals surface area contributed by atoms with Crippen molar-refractivity contribution in [3.8, 4) is 5.88 Å². The fraction of sp³-hybridized carbons (Fsp3) is 0.214. The maximum absolute atomic E-state index is 6.10. The highest BCUT2D eigenvalue weighted by Crippen LogP contribution is 2.23. The lowest BCUT2D eigenvalue weighted by molar-refractivity contribution is 0.397. The van der Waals surface area contributed by atoms with Crippen LogP contribution in [0.2, 0.25) is 10.0 Å². The number of rotatable bonds is 5. The quantitative estimate of drug-likeness (QED) is 0.914. The van der Waals surface area contributed by atoms with Gasteiger partial charge in [0.15, 0.2) is 0 Å². The van der Waals surface area contributed by atoms with Crippen molar-refractivity contribution in [3.63, 3.8) is 0 Å². The van der Waals surface area contributed by atoms with Gasteiger partial charge in [0.1, 0.15) is 0 Å². The van der Waals surface area contributed by atoms with Crippen LogP contribution in [-0.2, 0) is 13.1 Å². The minimum atomic E-state index is 0.609. The summed E-state index contributed by atoms with van der Waals surface area (Å²) in [4.78, 5) is 4.14. The van der Waals surface area contributed by atoms with Gasteiger partial charge in [-0.25, -0.2) is 4.98 Å². The Kier molecular flexibility index (Phi) is 5.02. The van der Waals surface area contributed by atoms with Gasteiger partial charge in [0, 0.05) is 41.0 Å². The van der Waals surface area contributed by atoms with Crippen molar-refractivity contribution in [2.24, 2.45) is 0 Å². The Morgan fingerprint density at radius 3 is 2.42 bits per heavy atom. The minimum absolute atomic E-state index is 0.609. The zero-order valence-corrected chi connectivity index (χ0v) is 12.0. The SMILES string of the molecule is COc1ccc(CNCc2c(Cl)cccc2Cl)cn1. The number of hydrogen-bond acceptors (Lipinski definition) is 3. The maximum Gasteiger partial charge on any atom is 0.212 e. The molecular weight excluding hydrogens is 283 g/mol. The van der Waals surface area contributed by atoms with Crippen LogP contribution in [0.25, 0.3) is 0 Å². The summed E-state index contributed by atoms with van der Waals surface area (Å²) in [5, 5.41) is 4.64. The first kappa shape index (κ1) is 14.1. The van der Waals surface area contributed by atoms with Crippen molar-refractivity contribution in [1.82, 2.24) is 10.3 Å². The first-order valence-electron chi connectivity index (χ1n) is 5.83. The number of methoxy groups -OCH3 is 1. The summed E-state index contributed by atoms with van der Waals surface area (Å²) >= 11 is 12.2. The Labute approximate surface area is 122 Å². The van der Waals surface area contributed by atoms with E-state index in [1.165, 1.54) is 0 Å². The van der Waals surface area contributed by atoms with E-state index < -0.39 is 0 Å². The van der Waals surface area contributed by atoms with Crippen LogP contribution >= 0.6 is 23.2 Å². The summed E-state index contributed by atoms with van der Waals surface area (Å²) in [6, 6.07) is 9.30. The average molecular weight is 297 g/mol. The van der Waals surface area contributed by atoms with E-state index in [-0.39, 0.29) is 0 Å². The Morgan fingerprint density at radius 1 is 1.11 bits per heavy atom. The molecule has 0 aliphatic rings. The predicted molar refractivity (Wildman–Crippen MR) is 77.8 cm³/mol. The standard InChI is InChI=1S/C14H14Cl2N2O/c1-19-14-6-5-10(8-18-14)7-17-9-11-12(15)3-2-4-13(11)16/h2-6,8,17H,7,9H2,1H3. The van der Waals surface area contributed by atoms with Crippen molar-refractivity contribution in [1.29, 1.82) is 0 Å². The molecule has 1 heterocycles. The molecule has 0 aliphatic carbocycles. The van der Waals surface area contributed by atoms with E-state index in [2.05, 4.69) is 10.3 Å². The lowest BCUT2D eigenvalue weighted by Crippen LogP contribution is -2.13. The lowest BCUT2D eigenvalue weighted by atomic mass is 10.2. The number of benzene rings is 1. The van der Waals surface area contributed by atoms with E-state index in [1.54, 1.807) is 13.3 Å². The van der Waals surface area contributed by atoms with Crippen molar-refractivity contribution in [2.75, 3.05) is 7.11 Å². The van der Waals surface area contributed by atoms with Gasteiger partial charge in [0.25, 0.3) is 0 Å². The van der Waals surface area contributed by atoms with Crippen LogP contribution in [0.1, 0.15) is 11.1 Å². The Hall–Kier alpha value is -1.29. The molecule has 3 nitrogen and oxygen atoms in total. The number of ether oxygens (including phenoxy) is 1. The number of hydrogen-bond donors (Lipinski definition) is 1. The monoisotopic (exact) mass is 296 g/mol. The first-order chi connectivity index (χ1) is 9.20. The van der Waals surface area contributed by atoms with Crippen LogP contribution in [0.5, 0.6) is 5.88 Å². The van der Waals surface area contributed by atoms with Crippen LogP contribution in [-0.4, -0.2) is 12.1 Å². The van der Waals surface area contributed by atoms with Crippen LogP contribution in [0.4, 0.5) is 0 Å². The molecule has 0 spiro atoms. The van der Waals surface area contributed by atoms with Crippen molar-refractivity contribution < 1.29 is 4.74 Å². The van der Waals surface area contributed by atoms with E-state index in [4.69, 9.17) is 27.9 Å². The van der Waals surface area contributed by atoms with Gasteiger partial charge < -0.3 is 10.1 Å². The van der Waals surface area contributed by atoms with Crippen LogP contribution in [0, 0.1) is 0 Å². The molecular formula is C14H14Cl2N2O. The molecule has 0 unspecified atom stereocenters. The van der Waals surface area contributed by atoms with Gasteiger partial charge in [0.05, 0.1) is 7.11 Å². The minimum Gasteiger partial charge on any atom is -0.481 e. The first-order valence-corrected chi connectivity index (χ1v) is 6.59. The Balaban J connectivity index is 1.92. The van der Waals surface area contributed by atoms with E-state index in [0.29, 0.717) is 29.0 Å². The lowest BCUT2D eigenvalue weighted by Gasteiger charge is -2.08. The maximum atomic E-state index is 6.10. The highest BCUT2D eigenvalue weighted by Gasteiger charge is 2.04. The zero-order valence-electron chi connectivity index (χ0n) is 10.5. The third kappa shape index (κ3) is 3.83. The highest BCUT2D eigenvalue weighted by atomic mass is 35.5. The van der Waals surface area contributed by atoms with Gasteiger partial charge in [-0.3, -0.25) is 0 Å². The number of nitrogens with zero attached hydrogens (tertiary/aromatic N) is 1. The summed E-state index contributed by atoms with van der Waals surface area (Å²) in [6.07, 6.45) is 1.78. The van der Waals surface area contributed by atoms with Crippen LogP contribution < -0.4 is 10.1 Å². The summed E-state index contributed by atoms with van der Waals surface area (Å²) < 4.78 is 5.01. The second-order valence-electron chi connectivity index (χ2n) is 4.01. The third-order valence-corrected chi connectivity index (χ3v) is 3.41. The number of pyridine rings is 1. The van der Waals surface area contributed by atoms with Crippen molar-refractivity contribution in [2.45, 2.75) is 13.1 Å². The van der Waals surface area contributed by atoms with E-state index in [9.17, 15) is 0 Å². The van der Waals surface area contributed by atoms with Gasteiger partial charge >= 0.3 is 0 Å². The molecule has 100 valence electrons. The zero-order chi connectivity index (χ0) is 13.7. The van der Waals surface area contributed by atoms with E-state index >= 15 is 0 Å². The normalized spacial score (nSPS) is 10.5. The molecule has 2 rings (SSSR count). The number of nitrogens with one attached hydrogen (secondary N) is 1. The Bertz CT molecular complexity index is 523. The van der Waals surface area contributed by atoms with E-state index in [0.717, 1.165) is 11.1 Å². The fourth-order valence-electron chi connectivity index (χ4n) is 1.67. The van der Waals surface area contributed by atoms with Gasteiger partial charge in [-0.15, -0.1) is 0 Å².